The molecule has 0 spiro atoms. The van der Waals surface area contributed by atoms with E-state index in [-0.39, 0.29) is 5.54 Å². The van der Waals surface area contributed by atoms with Crippen LogP contribution >= 0.6 is 0 Å². The lowest BCUT2D eigenvalue weighted by molar-refractivity contribution is 0.447. The molecule has 1 aromatic rings. The molecule has 100 valence electrons. The predicted octanol–water partition coefficient (Wildman–Crippen LogP) is 0.677. The topological polar surface area (TPSA) is 79.1 Å². The van der Waals surface area contributed by atoms with E-state index in [1.54, 1.807) is 0 Å². The van der Waals surface area contributed by atoms with Gasteiger partial charge in [-0.05, 0) is 27.8 Å². The van der Waals surface area contributed by atoms with Crippen LogP contribution in [0.25, 0.3) is 0 Å². The molecule has 0 unspecified atom stereocenters. The van der Waals surface area contributed by atoms with Crippen molar-refractivity contribution >= 4 is 17.6 Å². The van der Waals surface area contributed by atoms with Crippen LogP contribution in [-0.4, -0.2) is 41.7 Å². The first kappa shape index (κ1) is 12.9. The van der Waals surface area contributed by atoms with Crippen molar-refractivity contribution in [2.24, 2.45) is 0 Å². The first-order valence-corrected chi connectivity index (χ1v) is 6.22. The molecular formula is C12H22N6. The highest BCUT2D eigenvalue weighted by Gasteiger charge is 2.27. The smallest absolute Gasteiger partial charge is 0.223 e. The molecule has 2 rings (SSSR count). The lowest BCUT2D eigenvalue weighted by Gasteiger charge is -2.40. The minimum atomic E-state index is -0.0412. The normalized spacial score (nSPS) is 16.6. The molecule has 4 N–H and O–H groups in total. The number of nitrogen functional groups attached to an aromatic ring is 1. The fraction of sp³-hybridized carbons (Fsp3) is 0.667. The second-order valence-corrected chi connectivity index (χ2v) is 5.74. The maximum absolute atomic E-state index is 5.76. The lowest BCUT2D eigenvalue weighted by atomic mass is 10.1. The molecule has 0 aromatic carbocycles. The maximum Gasteiger partial charge on any atom is 0.223 e. The monoisotopic (exact) mass is 250 g/mol. The molecule has 0 bridgehead atoms. The summed E-state index contributed by atoms with van der Waals surface area (Å²) in [4.78, 5) is 10.7. The van der Waals surface area contributed by atoms with E-state index in [1.807, 2.05) is 13.1 Å². The quantitative estimate of drug-likeness (QED) is 0.732. The fourth-order valence-electron chi connectivity index (χ4n) is 1.91. The number of nitrogens with two attached hydrogens (primary N) is 1. The van der Waals surface area contributed by atoms with E-state index in [1.165, 1.54) is 0 Å². The Morgan fingerprint density at radius 2 is 2.00 bits per heavy atom. The van der Waals surface area contributed by atoms with Gasteiger partial charge in [0.2, 0.25) is 5.95 Å². The summed E-state index contributed by atoms with van der Waals surface area (Å²) >= 11 is 0. The van der Waals surface area contributed by atoms with E-state index in [2.05, 4.69) is 46.3 Å². The molecule has 0 amide bonds. The van der Waals surface area contributed by atoms with Crippen molar-refractivity contribution in [1.29, 1.82) is 0 Å². The molecular weight excluding hydrogens is 228 g/mol. The number of rotatable bonds is 3. The van der Waals surface area contributed by atoms with Gasteiger partial charge in [-0.25, -0.2) is 0 Å². The zero-order valence-electron chi connectivity index (χ0n) is 11.5. The van der Waals surface area contributed by atoms with Gasteiger partial charge in [0, 0.05) is 30.7 Å². The Hall–Kier alpha value is -1.56. The molecule has 0 saturated carbocycles. The standard InChI is InChI=1S/C12H22N6/c1-12(2,3)17-9-5-10(16-11(13)15-9)18-6-8(7-18)14-4/h5,8,14H,6-7H2,1-4H3,(H3,13,15,16,17). The number of anilines is 3. The van der Waals surface area contributed by atoms with Crippen molar-refractivity contribution in [2.75, 3.05) is 36.1 Å². The van der Waals surface area contributed by atoms with E-state index in [0.29, 0.717) is 12.0 Å². The number of nitrogens with zero attached hydrogens (tertiary/aromatic N) is 3. The number of hydrogen-bond donors (Lipinski definition) is 3. The van der Waals surface area contributed by atoms with Crippen LogP contribution in [0.4, 0.5) is 17.6 Å². The van der Waals surface area contributed by atoms with Gasteiger partial charge in [0.15, 0.2) is 0 Å². The van der Waals surface area contributed by atoms with E-state index < -0.39 is 0 Å². The summed E-state index contributed by atoms with van der Waals surface area (Å²) in [6, 6.07) is 2.49. The van der Waals surface area contributed by atoms with Crippen molar-refractivity contribution in [1.82, 2.24) is 15.3 Å². The van der Waals surface area contributed by atoms with Crippen molar-refractivity contribution in [3.05, 3.63) is 6.07 Å². The average molecular weight is 250 g/mol. The molecule has 18 heavy (non-hydrogen) atoms. The predicted molar refractivity (Wildman–Crippen MR) is 74.9 cm³/mol. The summed E-state index contributed by atoms with van der Waals surface area (Å²) in [6.07, 6.45) is 0. The second kappa shape index (κ2) is 4.61. The average Bonchev–Trinajstić information content (AvgIpc) is 2.11. The van der Waals surface area contributed by atoms with Crippen molar-refractivity contribution in [2.45, 2.75) is 32.4 Å². The third-order valence-electron chi connectivity index (χ3n) is 2.85. The van der Waals surface area contributed by atoms with Gasteiger partial charge in [0.25, 0.3) is 0 Å². The third-order valence-corrected chi connectivity index (χ3v) is 2.85. The van der Waals surface area contributed by atoms with E-state index in [0.717, 1.165) is 24.7 Å². The zero-order chi connectivity index (χ0) is 13.3. The SMILES string of the molecule is CNC1CN(c2cc(NC(C)(C)C)nc(N)n2)C1. The molecule has 6 heteroatoms. The van der Waals surface area contributed by atoms with Crippen LogP contribution in [0, 0.1) is 0 Å². The molecule has 0 atom stereocenters. The number of hydrogen-bond acceptors (Lipinski definition) is 6. The maximum atomic E-state index is 5.76. The largest absolute Gasteiger partial charge is 0.368 e. The van der Waals surface area contributed by atoms with Crippen LogP contribution in [0.1, 0.15) is 20.8 Å². The summed E-state index contributed by atoms with van der Waals surface area (Å²) in [7, 11) is 1.98. The second-order valence-electron chi connectivity index (χ2n) is 5.74. The van der Waals surface area contributed by atoms with E-state index in [4.69, 9.17) is 5.73 Å². The Morgan fingerprint density at radius 1 is 1.33 bits per heavy atom. The minimum absolute atomic E-state index is 0.0412. The molecule has 1 aliphatic heterocycles. The van der Waals surface area contributed by atoms with Gasteiger partial charge in [-0.1, -0.05) is 0 Å². The summed E-state index contributed by atoms with van der Waals surface area (Å²) in [5, 5.41) is 6.55. The summed E-state index contributed by atoms with van der Waals surface area (Å²) in [5.74, 6) is 1.98. The minimum Gasteiger partial charge on any atom is -0.368 e. The van der Waals surface area contributed by atoms with Crippen molar-refractivity contribution in [3.63, 3.8) is 0 Å². The van der Waals surface area contributed by atoms with E-state index >= 15 is 0 Å². The Balaban J connectivity index is 2.12. The van der Waals surface area contributed by atoms with Crippen LogP contribution in [0.2, 0.25) is 0 Å². The Labute approximate surface area is 108 Å². The van der Waals surface area contributed by atoms with Gasteiger partial charge >= 0.3 is 0 Å². The molecule has 1 aliphatic rings. The van der Waals surface area contributed by atoms with Gasteiger partial charge < -0.3 is 21.3 Å². The Morgan fingerprint density at radius 3 is 2.56 bits per heavy atom. The van der Waals surface area contributed by atoms with Crippen LogP contribution in [0.15, 0.2) is 6.07 Å². The van der Waals surface area contributed by atoms with Crippen LogP contribution in [-0.2, 0) is 0 Å². The molecule has 1 aromatic heterocycles. The fourth-order valence-corrected chi connectivity index (χ4v) is 1.91. The lowest BCUT2D eigenvalue weighted by Crippen LogP contribution is -2.57. The van der Waals surface area contributed by atoms with Crippen LogP contribution in [0.3, 0.4) is 0 Å². The number of aromatic nitrogens is 2. The van der Waals surface area contributed by atoms with Gasteiger partial charge in [0.1, 0.15) is 11.6 Å². The molecule has 0 radical (unpaired) electrons. The number of nitrogens with one attached hydrogen (secondary N) is 2. The number of likely N-dealkylation sites (N-methyl/N-ethyl adjacent to an activating group) is 1. The first-order chi connectivity index (χ1) is 8.37. The molecule has 0 aliphatic carbocycles. The first-order valence-electron chi connectivity index (χ1n) is 6.22. The highest BCUT2D eigenvalue weighted by atomic mass is 15.3. The molecule has 1 saturated heterocycles. The van der Waals surface area contributed by atoms with Gasteiger partial charge in [-0.15, -0.1) is 0 Å². The van der Waals surface area contributed by atoms with Gasteiger partial charge in [-0.3, -0.25) is 0 Å². The van der Waals surface area contributed by atoms with Crippen molar-refractivity contribution in [3.8, 4) is 0 Å². The van der Waals surface area contributed by atoms with E-state index in [9.17, 15) is 0 Å². The summed E-state index contributed by atoms with van der Waals surface area (Å²) in [6.45, 7) is 8.19. The van der Waals surface area contributed by atoms with Crippen LogP contribution in [0.5, 0.6) is 0 Å². The highest BCUT2D eigenvalue weighted by Crippen LogP contribution is 2.23. The Bertz CT molecular complexity index is 419. The highest BCUT2D eigenvalue weighted by molar-refractivity contribution is 5.55. The van der Waals surface area contributed by atoms with Gasteiger partial charge in [-0.2, -0.15) is 9.97 Å². The van der Waals surface area contributed by atoms with Crippen LogP contribution < -0.4 is 21.3 Å². The molecule has 1 fully saturated rings. The zero-order valence-corrected chi connectivity index (χ0v) is 11.5. The summed E-state index contributed by atoms with van der Waals surface area (Å²) in [5.41, 5.74) is 5.72. The summed E-state index contributed by atoms with van der Waals surface area (Å²) < 4.78 is 0. The molecule has 2 heterocycles. The third kappa shape index (κ3) is 3.01. The van der Waals surface area contributed by atoms with Crippen molar-refractivity contribution < 1.29 is 0 Å². The molecule has 6 nitrogen and oxygen atoms in total. The Kier molecular flexibility index (Phi) is 3.30. The van der Waals surface area contributed by atoms with Gasteiger partial charge in [0.05, 0.1) is 0 Å².